The average Bonchev–Trinajstić information content (AvgIpc) is 2.73. The number of nitrogens with one attached hydrogen (secondary N) is 1. The molecule has 0 aliphatic carbocycles. The van der Waals surface area contributed by atoms with Crippen molar-refractivity contribution >= 4 is 29.4 Å². The minimum Gasteiger partial charge on any atom is -0.493 e. The summed E-state index contributed by atoms with van der Waals surface area (Å²) in [4.78, 5) is 12.1. The first-order chi connectivity index (χ1) is 13.7. The summed E-state index contributed by atoms with van der Waals surface area (Å²) in [6.07, 6.45) is 1.77. The zero-order valence-electron chi connectivity index (χ0n) is 15.6. The van der Waals surface area contributed by atoms with Crippen molar-refractivity contribution in [3.05, 3.63) is 53.1 Å². The molecule has 0 atom stereocenters. The van der Waals surface area contributed by atoms with Gasteiger partial charge in [-0.25, -0.2) is 0 Å². The Kier molecular flexibility index (Phi) is 7.11. The minimum absolute atomic E-state index is 0.164. The van der Waals surface area contributed by atoms with E-state index in [0.29, 0.717) is 35.4 Å². The van der Waals surface area contributed by atoms with Crippen LogP contribution >= 0.6 is 11.6 Å². The molecule has 28 heavy (non-hydrogen) atoms. The Morgan fingerprint density at radius 1 is 1.25 bits per heavy atom. The lowest BCUT2D eigenvalue weighted by Crippen LogP contribution is -2.32. The molecule has 148 valence electrons. The van der Waals surface area contributed by atoms with Crippen LogP contribution in [0.1, 0.15) is 5.56 Å². The van der Waals surface area contributed by atoms with Gasteiger partial charge in [-0.1, -0.05) is 23.7 Å². The highest BCUT2D eigenvalue weighted by Gasteiger charge is 2.11. The number of hydrogen-bond acceptors (Lipinski definition) is 6. The first-order valence-electron chi connectivity index (χ1n) is 8.87. The number of methoxy groups -OCH3 is 1. The lowest BCUT2D eigenvalue weighted by molar-refractivity contribution is -0.118. The van der Waals surface area contributed by atoms with Gasteiger partial charge in [0.2, 0.25) is 0 Å². The second-order valence-electron chi connectivity index (χ2n) is 6.04. The number of para-hydroxylation sites is 1. The summed E-state index contributed by atoms with van der Waals surface area (Å²) in [5.74, 6) is 0.685. The van der Waals surface area contributed by atoms with Crippen molar-refractivity contribution in [2.45, 2.75) is 0 Å². The second kappa shape index (κ2) is 9.96. The summed E-state index contributed by atoms with van der Waals surface area (Å²) < 4.78 is 16.3. The third-order valence-electron chi connectivity index (χ3n) is 4.05. The van der Waals surface area contributed by atoms with Crippen molar-refractivity contribution in [3.63, 3.8) is 0 Å². The molecule has 2 aromatic carbocycles. The van der Waals surface area contributed by atoms with Gasteiger partial charge in [0.1, 0.15) is 0 Å². The number of morpholine rings is 1. The van der Waals surface area contributed by atoms with Crippen LogP contribution in [0.15, 0.2) is 47.6 Å². The van der Waals surface area contributed by atoms with Crippen LogP contribution < -0.4 is 14.8 Å². The first-order valence-corrected chi connectivity index (χ1v) is 9.25. The van der Waals surface area contributed by atoms with Crippen molar-refractivity contribution in [1.82, 2.24) is 5.01 Å². The lowest BCUT2D eigenvalue weighted by atomic mass is 10.2. The molecule has 0 aromatic heterocycles. The quantitative estimate of drug-likeness (QED) is 0.719. The molecule has 2 aromatic rings. The van der Waals surface area contributed by atoms with Gasteiger partial charge in [-0.2, -0.15) is 5.10 Å². The molecule has 1 aliphatic heterocycles. The number of nitrogens with zero attached hydrogens (tertiary/aromatic N) is 2. The predicted molar refractivity (Wildman–Crippen MR) is 109 cm³/mol. The van der Waals surface area contributed by atoms with Crippen LogP contribution in [0.2, 0.25) is 5.02 Å². The Morgan fingerprint density at radius 3 is 2.79 bits per heavy atom. The Bertz CT molecular complexity index is 838. The molecule has 3 rings (SSSR count). The second-order valence-corrected chi connectivity index (χ2v) is 6.44. The number of hydrazone groups is 1. The number of halogens is 1. The number of carbonyl (C=O) groups excluding carboxylic acids is 1. The highest BCUT2D eigenvalue weighted by atomic mass is 35.5. The number of rotatable bonds is 7. The fourth-order valence-electron chi connectivity index (χ4n) is 2.59. The van der Waals surface area contributed by atoms with Crippen LogP contribution in [-0.4, -0.2) is 57.2 Å². The Hall–Kier alpha value is -2.77. The van der Waals surface area contributed by atoms with E-state index < -0.39 is 0 Å². The summed E-state index contributed by atoms with van der Waals surface area (Å²) in [5, 5.41) is 9.58. The SMILES string of the molecule is COc1cc(/C=N\N2CCOCC2)ccc1OCC(=O)Nc1ccccc1Cl. The van der Waals surface area contributed by atoms with E-state index in [1.165, 1.54) is 0 Å². The Balaban J connectivity index is 1.58. The van der Waals surface area contributed by atoms with E-state index in [0.717, 1.165) is 18.7 Å². The molecule has 0 radical (unpaired) electrons. The molecule has 8 heteroatoms. The van der Waals surface area contributed by atoms with E-state index in [4.69, 9.17) is 25.8 Å². The van der Waals surface area contributed by atoms with Crippen LogP contribution in [0.3, 0.4) is 0 Å². The summed E-state index contributed by atoms with van der Waals surface area (Å²) in [5.41, 5.74) is 1.41. The van der Waals surface area contributed by atoms with Gasteiger partial charge < -0.3 is 19.5 Å². The fraction of sp³-hybridized carbons (Fsp3) is 0.300. The standard InChI is InChI=1S/C20H22ClN3O4/c1-26-19-12-15(13-22-24-8-10-27-11-9-24)6-7-18(19)28-14-20(25)23-17-5-3-2-4-16(17)21/h2-7,12-13H,8-11,14H2,1H3,(H,23,25)/b22-13-. The van der Waals surface area contributed by atoms with Gasteiger partial charge >= 0.3 is 0 Å². The molecule has 1 N–H and O–H groups in total. The summed E-state index contributed by atoms with van der Waals surface area (Å²) >= 11 is 6.04. The normalized spacial score (nSPS) is 14.1. The largest absolute Gasteiger partial charge is 0.493 e. The zero-order valence-corrected chi connectivity index (χ0v) is 16.3. The predicted octanol–water partition coefficient (Wildman–Crippen LogP) is 3.03. The monoisotopic (exact) mass is 403 g/mol. The zero-order chi connectivity index (χ0) is 19.8. The molecule has 1 saturated heterocycles. The van der Waals surface area contributed by atoms with Gasteiger partial charge in [0.05, 0.1) is 50.3 Å². The Morgan fingerprint density at radius 2 is 2.04 bits per heavy atom. The van der Waals surface area contributed by atoms with Gasteiger partial charge in [0.25, 0.3) is 5.91 Å². The number of benzene rings is 2. The third-order valence-corrected chi connectivity index (χ3v) is 4.38. The van der Waals surface area contributed by atoms with E-state index in [9.17, 15) is 4.79 Å². The molecule has 7 nitrogen and oxygen atoms in total. The summed E-state index contributed by atoms with van der Waals surface area (Å²) in [7, 11) is 1.55. The van der Waals surface area contributed by atoms with Crippen LogP contribution in [0.5, 0.6) is 11.5 Å². The molecular weight excluding hydrogens is 382 g/mol. The molecule has 0 spiro atoms. The fourth-order valence-corrected chi connectivity index (χ4v) is 2.78. The number of amides is 1. The highest BCUT2D eigenvalue weighted by Crippen LogP contribution is 2.28. The molecule has 0 bridgehead atoms. The van der Waals surface area contributed by atoms with Crippen molar-refractivity contribution in [2.75, 3.05) is 45.3 Å². The number of ether oxygens (including phenoxy) is 3. The number of anilines is 1. The third kappa shape index (κ3) is 5.61. The highest BCUT2D eigenvalue weighted by molar-refractivity contribution is 6.33. The Labute approximate surface area is 168 Å². The van der Waals surface area contributed by atoms with Crippen molar-refractivity contribution < 1.29 is 19.0 Å². The van der Waals surface area contributed by atoms with Gasteiger partial charge in [0, 0.05) is 0 Å². The van der Waals surface area contributed by atoms with Crippen molar-refractivity contribution in [3.8, 4) is 11.5 Å². The van der Waals surface area contributed by atoms with E-state index in [-0.39, 0.29) is 12.5 Å². The van der Waals surface area contributed by atoms with Crippen LogP contribution in [0.25, 0.3) is 0 Å². The van der Waals surface area contributed by atoms with Crippen LogP contribution in [0.4, 0.5) is 5.69 Å². The topological polar surface area (TPSA) is 72.4 Å². The minimum atomic E-state index is -0.312. The lowest BCUT2D eigenvalue weighted by Gasteiger charge is -2.23. The van der Waals surface area contributed by atoms with E-state index in [2.05, 4.69) is 10.4 Å². The number of hydrogen-bond donors (Lipinski definition) is 1. The molecule has 1 heterocycles. The summed E-state index contributed by atoms with van der Waals surface area (Å²) in [6.45, 7) is 2.75. The van der Waals surface area contributed by atoms with Crippen molar-refractivity contribution in [2.24, 2.45) is 5.10 Å². The van der Waals surface area contributed by atoms with E-state index in [1.54, 1.807) is 43.7 Å². The van der Waals surface area contributed by atoms with Gasteiger partial charge in [-0.3, -0.25) is 9.80 Å². The van der Waals surface area contributed by atoms with Crippen LogP contribution in [0, 0.1) is 0 Å². The van der Waals surface area contributed by atoms with Gasteiger partial charge in [-0.05, 0) is 35.9 Å². The van der Waals surface area contributed by atoms with Crippen LogP contribution in [-0.2, 0) is 9.53 Å². The maximum atomic E-state index is 12.1. The molecular formula is C20H22ClN3O4. The van der Waals surface area contributed by atoms with Gasteiger partial charge in [-0.15, -0.1) is 0 Å². The first kappa shape index (κ1) is 20.0. The smallest absolute Gasteiger partial charge is 0.262 e. The molecule has 1 amide bonds. The maximum Gasteiger partial charge on any atom is 0.262 e. The molecule has 0 unspecified atom stereocenters. The average molecular weight is 404 g/mol. The maximum absolute atomic E-state index is 12.1. The molecule has 0 saturated carbocycles. The molecule has 1 fully saturated rings. The number of carbonyl (C=O) groups is 1. The van der Waals surface area contributed by atoms with E-state index >= 15 is 0 Å². The van der Waals surface area contributed by atoms with E-state index in [1.807, 2.05) is 17.1 Å². The van der Waals surface area contributed by atoms with Crippen molar-refractivity contribution in [1.29, 1.82) is 0 Å². The van der Waals surface area contributed by atoms with Gasteiger partial charge in [0.15, 0.2) is 18.1 Å². The summed E-state index contributed by atoms with van der Waals surface area (Å²) in [6, 6.07) is 12.4. The molecule has 1 aliphatic rings.